The molecule has 0 bridgehead atoms. The van der Waals surface area contributed by atoms with Crippen LogP contribution in [0.1, 0.15) is 18.4 Å². The van der Waals surface area contributed by atoms with Gasteiger partial charge in [-0.3, -0.25) is 0 Å². The topological polar surface area (TPSA) is 30.2 Å². The molecule has 0 N–H and O–H groups in total. The maximum atomic E-state index is 4.40. The van der Waals surface area contributed by atoms with E-state index in [1.807, 2.05) is 16.6 Å². The molecule has 0 aliphatic carbocycles. The second-order valence-corrected chi connectivity index (χ2v) is 3.57. The second-order valence-electron chi connectivity index (χ2n) is 2.80. The van der Waals surface area contributed by atoms with Crippen LogP contribution in [0, 0.1) is 0 Å². The van der Waals surface area contributed by atoms with Crippen LogP contribution in [-0.2, 0) is 10.8 Å². The highest BCUT2D eigenvalue weighted by Crippen LogP contribution is 2.09. The molecule has 4 heteroatoms. The number of nitrogens with zero attached hydrogens (tertiary/aromatic N) is 3. The van der Waals surface area contributed by atoms with Crippen LogP contribution >= 0.6 is 22.6 Å². The monoisotopic (exact) mass is 287 g/mol. The SMILES string of the molecule is CCc1nc2cccc(CI)n2n1. The first-order valence-electron chi connectivity index (χ1n) is 4.24. The van der Waals surface area contributed by atoms with Crippen LogP contribution in [-0.4, -0.2) is 14.6 Å². The minimum Gasteiger partial charge on any atom is -0.217 e. The molecule has 68 valence electrons. The summed E-state index contributed by atoms with van der Waals surface area (Å²) in [6.07, 6.45) is 0.891. The molecule has 2 heterocycles. The van der Waals surface area contributed by atoms with Crippen LogP contribution < -0.4 is 0 Å². The fraction of sp³-hybridized carbons (Fsp3) is 0.333. The molecule has 0 aliphatic heterocycles. The predicted molar refractivity (Wildman–Crippen MR) is 60.1 cm³/mol. The highest BCUT2D eigenvalue weighted by atomic mass is 127. The molecule has 13 heavy (non-hydrogen) atoms. The minimum absolute atomic E-state index is 0.891. The molecular weight excluding hydrogens is 277 g/mol. The third-order valence-electron chi connectivity index (χ3n) is 1.94. The quantitative estimate of drug-likeness (QED) is 0.626. The van der Waals surface area contributed by atoms with Crippen molar-refractivity contribution in [2.75, 3.05) is 0 Å². The standard InChI is InChI=1S/C9H10IN3/c1-2-8-11-9-5-3-4-7(6-10)13(9)12-8/h3-5H,2,6H2,1H3. The van der Waals surface area contributed by atoms with Gasteiger partial charge in [0.05, 0.1) is 5.69 Å². The van der Waals surface area contributed by atoms with E-state index in [0.29, 0.717) is 0 Å². The molecule has 0 fully saturated rings. The lowest BCUT2D eigenvalue weighted by molar-refractivity contribution is 0.859. The van der Waals surface area contributed by atoms with Crippen molar-refractivity contribution in [3.63, 3.8) is 0 Å². The molecular formula is C9H10IN3. The highest BCUT2D eigenvalue weighted by molar-refractivity contribution is 14.1. The normalized spacial score (nSPS) is 10.9. The van der Waals surface area contributed by atoms with E-state index in [1.54, 1.807) is 0 Å². The summed E-state index contributed by atoms with van der Waals surface area (Å²) in [6.45, 7) is 2.07. The summed E-state index contributed by atoms with van der Waals surface area (Å²) in [5.41, 5.74) is 2.15. The van der Waals surface area contributed by atoms with Crippen molar-refractivity contribution < 1.29 is 0 Å². The van der Waals surface area contributed by atoms with Gasteiger partial charge in [-0.15, -0.1) is 0 Å². The Morgan fingerprint density at radius 3 is 3.00 bits per heavy atom. The number of aryl methyl sites for hydroxylation is 1. The van der Waals surface area contributed by atoms with Crippen molar-refractivity contribution in [1.82, 2.24) is 14.6 Å². The van der Waals surface area contributed by atoms with Crippen molar-refractivity contribution in [2.45, 2.75) is 17.8 Å². The Morgan fingerprint density at radius 1 is 1.46 bits per heavy atom. The molecule has 0 aliphatic rings. The van der Waals surface area contributed by atoms with Gasteiger partial charge < -0.3 is 0 Å². The molecule has 2 aromatic heterocycles. The first-order chi connectivity index (χ1) is 6.35. The van der Waals surface area contributed by atoms with E-state index in [4.69, 9.17) is 0 Å². The van der Waals surface area contributed by atoms with E-state index in [1.165, 1.54) is 5.69 Å². The van der Waals surface area contributed by atoms with Crippen LogP contribution in [0.5, 0.6) is 0 Å². The minimum atomic E-state index is 0.891. The summed E-state index contributed by atoms with van der Waals surface area (Å²) < 4.78 is 2.88. The van der Waals surface area contributed by atoms with Gasteiger partial charge >= 0.3 is 0 Å². The van der Waals surface area contributed by atoms with E-state index in [-0.39, 0.29) is 0 Å². The highest BCUT2D eigenvalue weighted by Gasteiger charge is 2.03. The number of rotatable bonds is 2. The van der Waals surface area contributed by atoms with Gasteiger partial charge in [0.25, 0.3) is 0 Å². The molecule has 3 nitrogen and oxygen atoms in total. The molecule has 0 amide bonds. The van der Waals surface area contributed by atoms with Crippen molar-refractivity contribution in [3.05, 3.63) is 29.7 Å². The maximum absolute atomic E-state index is 4.40. The largest absolute Gasteiger partial charge is 0.217 e. The number of alkyl halides is 1. The van der Waals surface area contributed by atoms with Crippen LogP contribution in [0.15, 0.2) is 18.2 Å². The average molecular weight is 287 g/mol. The lowest BCUT2D eigenvalue weighted by atomic mass is 10.4. The van der Waals surface area contributed by atoms with Crippen molar-refractivity contribution in [2.24, 2.45) is 0 Å². The number of pyridine rings is 1. The summed E-state index contributed by atoms with van der Waals surface area (Å²) in [5, 5.41) is 4.40. The van der Waals surface area contributed by atoms with E-state index in [2.05, 4.69) is 45.7 Å². The van der Waals surface area contributed by atoms with E-state index >= 15 is 0 Å². The fourth-order valence-corrected chi connectivity index (χ4v) is 1.83. The first kappa shape index (κ1) is 8.93. The average Bonchev–Trinajstić information content (AvgIpc) is 2.59. The molecule has 0 saturated heterocycles. The van der Waals surface area contributed by atoms with E-state index in [0.717, 1.165) is 22.3 Å². The van der Waals surface area contributed by atoms with Gasteiger partial charge in [-0.1, -0.05) is 35.6 Å². The molecule has 2 rings (SSSR count). The van der Waals surface area contributed by atoms with Gasteiger partial charge in [-0.05, 0) is 12.1 Å². The van der Waals surface area contributed by atoms with Gasteiger partial charge in [-0.2, -0.15) is 5.10 Å². The molecule has 0 unspecified atom stereocenters. The van der Waals surface area contributed by atoms with Gasteiger partial charge in [0.2, 0.25) is 0 Å². The summed E-state index contributed by atoms with van der Waals surface area (Å²) in [6, 6.07) is 6.09. The lowest BCUT2D eigenvalue weighted by Gasteiger charge is -1.97. The molecule has 2 aromatic rings. The number of aromatic nitrogens is 3. The number of halogens is 1. The Morgan fingerprint density at radius 2 is 2.31 bits per heavy atom. The molecule has 0 radical (unpaired) electrons. The van der Waals surface area contributed by atoms with Gasteiger partial charge in [-0.25, -0.2) is 9.50 Å². The summed E-state index contributed by atoms with van der Waals surface area (Å²) in [7, 11) is 0. The number of fused-ring (bicyclic) bond motifs is 1. The summed E-state index contributed by atoms with van der Waals surface area (Å²) in [4.78, 5) is 4.39. The molecule has 0 spiro atoms. The summed E-state index contributed by atoms with van der Waals surface area (Å²) >= 11 is 2.33. The van der Waals surface area contributed by atoms with Crippen LogP contribution in [0.2, 0.25) is 0 Å². The Bertz CT molecular complexity index is 422. The molecule has 0 aromatic carbocycles. The van der Waals surface area contributed by atoms with Gasteiger partial charge in [0.15, 0.2) is 11.5 Å². The Labute approximate surface area is 90.3 Å². The second kappa shape index (κ2) is 3.61. The lowest BCUT2D eigenvalue weighted by Crippen LogP contribution is -1.95. The Hall–Kier alpha value is -0.650. The first-order valence-corrected chi connectivity index (χ1v) is 5.77. The Kier molecular flexibility index (Phi) is 2.48. The van der Waals surface area contributed by atoms with Crippen molar-refractivity contribution >= 4 is 28.2 Å². The van der Waals surface area contributed by atoms with Crippen LogP contribution in [0.25, 0.3) is 5.65 Å². The van der Waals surface area contributed by atoms with Crippen molar-refractivity contribution in [1.29, 1.82) is 0 Å². The maximum Gasteiger partial charge on any atom is 0.155 e. The summed E-state index contributed by atoms with van der Waals surface area (Å²) in [5.74, 6) is 0.914. The fourth-order valence-electron chi connectivity index (χ4n) is 1.25. The van der Waals surface area contributed by atoms with E-state index < -0.39 is 0 Å². The van der Waals surface area contributed by atoms with Gasteiger partial charge in [0, 0.05) is 10.8 Å². The third-order valence-corrected chi connectivity index (χ3v) is 2.72. The predicted octanol–water partition coefficient (Wildman–Crippen LogP) is 2.23. The number of hydrogen-bond donors (Lipinski definition) is 0. The van der Waals surface area contributed by atoms with E-state index in [9.17, 15) is 0 Å². The Balaban J connectivity index is 2.67. The zero-order valence-electron chi connectivity index (χ0n) is 7.37. The van der Waals surface area contributed by atoms with Crippen LogP contribution in [0.4, 0.5) is 0 Å². The zero-order chi connectivity index (χ0) is 9.26. The van der Waals surface area contributed by atoms with Crippen LogP contribution in [0.3, 0.4) is 0 Å². The number of hydrogen-bond acceptors (Lipinski definition) is 2. The van der Waals surface area contributed by atoms with Crippen molar-refractivity contribution in [3.8, 4) is 0 Å². The molecule has 0 atom stereocenters. The molecule has 0 saturated carbocycles. The third kappa shape index (κ3) is 1.54. The smallest absolute Gasteiger partial charge is 0.155 e. The van der Waals surface area contributed by atoms with Gasteiger partial charge in [0.1, 0.15) is 0 Å². The zero-order valence-corrected chi connectivity index (χ0v) is 9.52.